The third-order valence-electron chi connectivity index (χ3n) is 2.58. The number of aliphatic hydroxyl groups is 2. The summed E-state index contributed by atoms with van der Waals surface area (Å²) in [5.74, 6) is -1.35. The number of rotatable bonds is 1. The summed E-state index contributed by atoms with van der Waals surface area (Å²) in [4.78, 5) is 12.2. The minimum Gasteiger partial charge on any atom is -0.388 e. The molecule has 1 rings (SSSR count). The first-order valence-electron chi connectivity index (χ1n) is 4.58. The SMILES string of the molecule is CC(N)(C(=O)N1CC(O)C(O)C1)C(F)(F)F. The first kappa shape index (κ1) is 13.2. The van der Waals surface area contributed by atoms with E-state index in [4.69, 9.17) is 15.9 Å². The predicted molar refractivity (Wildman–Crippen MR) is 47.2 cm³/mol. The topological polar surface area (TPSA) is 86.8 Å². The van der Waals surface area contributed by atoms with E-state index in [0.29, 0.717) is 11.8 Å². The molecule has 0 aromatic carbocycles. The van der Waals surface area contributed by atoms with Gasteiger partial charge in [0.2, 0.25) is 0 Å². The number of halogens is 3. The van der Waals surface area contributed by atoms with Gasteiger partial charge in [0.1, 0.15) is 0 Å². The van der Waals surface area contributed by atoms with Gasteiger partial charge in [0, 0.05) is 13.1 Å². The van der Waals surface area contributed by atoms with E-state index in [-0.39, 0.29) is 13.1 Å². The zero-order valence-electron chi connectivity index (χ0n) is 8.53. The summed E-state index contributed by atoms with van der Waals surface area (Å²) >= 11 is 0. The normalized spacial score (nSPS) is 30.3. The van der Waals surface area contributed by atoms with E-state index in [1.54, 1.807) is 0 Å². The third-order valence-corrected chi connectivity index (χ3v) is 2.58. The molecule has 1 aliphatic rings. The minimum absolute atomic E-state index is 0.344. The molecule has 16 heavy (non-hydrogen) atoms. The highest BCUT2D eigenvalue weighted by atomic mass is 19.4. The van der Waals surface area contributed by atoms with Gasteiger partial charge in [0.25, 0.3) is 5.91 Å². The maximum Gasteiger partial charge on any atom is 0.415 e. The second-order valence-corrected chi connectivity index (χ2v) is 4.04. The Morgan fingerprint density at radius 2 is 1.69 bits per heavy atom. The number of carbonyl (C=O) groups excluding carboxylic acids is 1. The lowest BCUT2D eigenvalue weighted by molar-refractivity contribution is -0.193. The number of amides is 1. The molecule has 0 aromatic heterocycles. The lowest BCUT2D eigenvalue weighted by atomic mass is 10.0. The van der Waals surface area contributed by atoms with Gasteiger partial charge in [0.15, 0.2) is 5.54 Å². The molecular formula is C8H13F3N2O3. The molecule has 1 saturated heterocycles. The van der Waals surface area contributed by atoms with Crippen molar-refractivity contribution >= 4 is 5.91 Å². The minimum atomic E-state index is -4.87. The quantitative estimate of drug-likeness (QED) is 0.540. The molecule has 1 fully saturated rings. The lowest BCUT2D eigenvalue weighted by Gasteiger charge is -2.30. The molecule has 0 aromatic rings. The van der Waals surface area contributed by atoms with Gasteiger partial charge in [-0.1, -0.05) is 0 Å². The van der Waals surface area contributed by atoms with Gasteiger partial charge >= 0.3 is 6.18 Å². The molecular weight excluding hydrogens is 229 g/mol. The number of aliphatic hydroxyl groups excluding tert-OH is 2. The molecule has 0 radical (unpaired) electrons. The molecule has 94 valence electrons. The van der Waals surface area contributed by atoms with E-state index >= 15 is 0 Å². The van der Waals surface area contributed by atoms with Crippen molar-refractivity contribution in [1.82, 2.24) is 4.90 Å². The van der Waals surface area contributed by atoms with Crippen LogP contribution >= 0.6 is 0 Å². The summed E-state index contributed by atoms with van der Waals surface area (Å²) in [6.07, 6.45) is -7.33. The fourth-order valence-corrected chi connectivity index (χ4v) is 1.39. The predicted octanol–water partition coefficient (Wildman–Crippen LogP) is -1.17. The second-order valence-electron chi connectivity index (χ2n) is 4.04. The zero-order chi connectivity index (χ0) is 12.7. The molecule has 3 atom stereocenters. The smallest absolute Gasteiger partial charge is 0.388 e. The van der Waals surface area contributed by atoms with Crippen LogP contribution in [0.2, 0.25) is 0 Å². The molecule has 0 saturated carbocycles. The van der Waals surface area contributed by atoms with Gasteiger partial charge in [-0.15, -0.1) is 0 Å². The van der Waals surface area contributed by atoms with E-state index in [0.717, 1.165) is 0 Å². The zero-order valence-corrected chi connectivity index (χ0v) is 8.53. The first-order chi connectivity index (χ1) is 7.07. The van der Waals surface area contributed by atoms with Crippen LogP contribution in [0.3, 0.4) is 0 Å². The van der Waals surface area contributed by atoms with E-state index in [1.165, 1.54) is 0 Å². The summed E-state index contributed by atoms with van der Waals surface area (Å²) < 4.78 is 37.3. The van der Waals surface area contributed by atoms with Crippen molar-refractivity contribution in [2.75, 3.05) is 13.1 Å². The van der Waals surface area contributed by atoms with Crippen LogP contribution in [0.4, 0.5) is 13.2 Å². The molecule has 0 bridgehead atoms. The highest BCUT2D eigenvalue weighted by molar-refractivity contribution is 5.87. The van der Waals surface area contributed by atoms with E-state index in [1.807, 2.05) is 0 Å². The Kier molecular flexibility index (Phi) is 3.19. The van der Waals surface area contributed by atoms with Crippen molar-refractivity contribution in [2.24, 2.45) is 5.73 Å². The number of alkyl halides is 3. The van der Waals surface area contributed by atoms with Crippen molar-refractivity contribution in [1.29, 1.82) is 0 Å². The highest BCUT2D eigenvalue weighted by Crippen LogP contribution is 2.30. The number of hydrogen-bond acceptors (Lipinski definition) is 4. The van der Waals surface area contributed by atoms with Crippen LogP contribution in [-0.2, 0) is 4.79 Å². The fourth-order valence-electron chi connectivity index (χ4n) is 1.39. The van der Waals surface area contributed by atoms with Crippen molar-refractivity contribution in [3.8, 4) is 0 Å². The van der Waals surface area contributed by atoms with Crippen LogP contribution in [0.5, 0.6) is 0 Å². The van der Waals surface area contributed by atoms with Crippen LogP contribution in [-0.4, -0.2) is 58.0 Å². The van der Waals surface area contributed by atoms with Gasteiger partial charge in [-0.25, -0.2) is 0 Å². The summed E-state index contributed by atoms with van der Waals surface area (Å²) in [7, 11) is 0. The number of β-amino-alcohol motifs (C(OH)–C–C–N with tert-alkyl or cyclic N) is 2. The molecule has 0 spiro atoms. The molecule has 1 amide bonds. The third kappa shape index (κ3) is 2.13. The number of likely N-dealkylation sites (tertiary alicyclic amines) is 1. The summed E-state index contributed by atoms with van der Waals surface area (Å²) in [6, 6.07) is 0. The van der Waals surface area contributed by atoms with E-state index < -0.39 is 29.8 Å². The Balaban J connectivity index is 2.80. The average Bonchev–Trinajstić information content (AvgIpc) is 2.43. The Morgan fingerprint density at radius 3 is 2.00 bits per heavy atom. The van der Waals surface area contributed by atoms with E-state index in [2.05, 4.69) is 0 Å². The van der Waals surface area contributed by atoms with Crippen molar-refractivity contribution < 1.29 is 28.2 Å². The monoisotopic (exact) mass is 242 g/mol. The molecule has 0 aliphatic carbocycles. The molecule has 4 N–H and O–H groups in total. The fraction of sp³-hybridized carbons (Fsp3) is 0.875. The van der Waals surface area contributed by atoms with Gasteiger partial charge in [-0.2, -0.15) is 13.2 Å². The van der Waals surface area contributed by atoms with Gasteiger partial charge in [0.05, 0.1) is 12.2 Å². The average molecular weight is 242 g/mol. The molecule has 3 unspecified atom stereocenters. The van der Waals surface area contributed by atoms with Gasteiger partial charge in [-0.05, 0) is 6.92 Å². The Bertz CT molecular complexity index is 283. The maximum atomic E-state index is 12.4. The van der Waals surface area contributed by atoms with Crippen LogP contribution in [0, 0.1) is 0 Å². The number of nitrogens with two attached hydrogens (primary N) is 1. The van der Waals surface area contributed by atoms with E-state index in [9.17, 15) is 18.0 Å². The van der Waals surface area contributed by atoms with Gasteiger partial charge in [-0.3, -0.25) is 4.79 Å². The Hall–Kier alpha value is -0.860. The second kappa shape index (κ2) is 3.86. The van der Waals surface area contributed by atoms with Crippen LogP contribution in [0.25, 0.3) is 0 Å². The number of hydrogen-bond donors (Lipinski definition) is 3. The van der Waals surface area contributed by atoms with Gasteiger partial charge < -0.3 is 20.8 Å². The van der Waals surface area contributed by atoms with Crippen molar-refractivity contribution in [3.63, 3.8) is 0 Å². The Morgan fingerprint density at radius 1 is 1.31 bits per heavy atom. The molecule has 8 heteroatoms. The summed E-state index contributed by atoms with van der Waals surface area (Å²) in [5, 5.41) is 18.2. The van der Waals surface area contributed by atoms with Crippen molar-refractivity contribution in [2.45, 2.75) is 30.8 Å². The molecule has 1 heterocycles. The van der Waals surface area contributed by atoms with Crippen molar-refractivity contribution in [3.05, 3.63) is 0 Å². The molecule has 5 nitrogen and oxygen atoms in total. The van der Waals surface area contributed by atoms with Crippen LogP contribution < -0.4 is 5.73 Å². The summed E-state index contributed by atoms with van der Waals surface area (Å²) in [6.45, 7) is -0.127. The summed E-state index contributed by atoms with van der Waals surface area (Å²) in [5.41, 5.74) is 1.93. The first-order valence-corrected chi connectivity index (χ1v) is 4.58. The highest BCUT2D eigenvalue weighted by Gasteiger charge is 2.56. The molecule has 1 aliphatic heterocycles. The standard InChI is InChI=1S/C8H13F3N2O3/c1-7(12,8(9,10)11)6(16)13-2-4(14)5(15)3-13/h4-5,14-15H,2-3,12H2,1H3. The maximum absolute atomic E-state index is 12.4. The largest absolute Gasteiger partial charge is 0.415 e. The number of carbonyl (C=O) groups is 1. The van der Waals surface area contributed by atoms with Crippen LogP contribution in [0.1, 0.15) is 6.92 Å². The van der Waals surface area contributed by atoms with Crippen LogP contribution in [0.15, 0.2) is 0 Å². The Labute approximate surface area is 89.6 Å². The number of nitrogens with zero attached hydrogens (tertiary/aromatic N) is 1. The lowest BCUT2D eigenvalue weighted by Crippen LogP contribution is -2.62.